The Hall–Kier alpha value is -0.860. The largest absolute Gasteiger partial charge is 0.319 e. The molecule has 0 spiro atoms. The van der Waals surface area contributed by atoms with Crippen LogP contribution in [0.5, 0.6) is 0 Å². The third-order valence-electron chi connectivity index (χ3n) is 4.18. The molecule has 0 radical (unpaired) electrons. The first kappa shape index (κ1) is 17.2. The molecule has 2 atom stereocenters. The van der Waals surface area contributed by atoms with Gasteiger partial charge in [-0.1, -0.05) is 58.4 Å². The van der Waals surface area contributed by atoms with Crippen molar-refractivity contribution in [1.82, 2.24) is 10.2 Å². The number of likely N-dealkylation sites (N-methyl/N-ethyl adjacent to an activating group) is 1. The minimum atomic E-state index is 0.580. The molecule has 0 bridgehead atoms. The van der Waals surface area contributed by atoms with E-state index in [1.165, 1.54) is 24.1 Å². The second-order valence-corrected chi connectivity index (χ2v) is 6.04. The molecule has 0 aromatic heterocycles. The monoisotopic (exact) mass is 276 g/mol. The van der Waals surface area contributed by atoms with Crippen LogP contribution in [0.2, 0.25) is 0 Å². The molecular weight excluding hydrogens is 244 g/mol. The maximum absolute atomic E-state index is 3.24. The maximum atomic E-state index is 3.24. The molecule has 0 aliphatic heterocycles. The average Bonchev–Trinajstić information content (AvgIpc) is 2.47. The highest BCUT2D eigenvalue weighted by atomic mass is 15.1. The standard InChI is InChI=1S/C18H32N2/c1-6-15(3)13-20(7-2)14-17-8-10-18(11-9-17)16(4)12-19-5/h8-11,15-16,19H,6-7,12-14H2,1-5H3. The van der Waals surface area contributed by atoms with Gasteiger partial charge in [-0.15, -0.1) is 0 Å². The van der Waals surface area contributed by atoms with Gasteiger partial charge in [-0.05, 0) is 36.6 Å². The summed E-state index contributed by atoms with van der Waals surface area (Å²) in [5, 5.41) is 3.24. The van der Waals surface area contributed by atoms with Crippen LogP contribution in [0.1, 0.15) is 51.2 Å². The van der Waals surface area contributed by atoms with Crippen molar-refractivity contribution in [2.24, 2.45) is 5.92 Å². The smallest absolute Gasteiger partial charge is 0.0233 e. The lowest BCUT2D eigenvalue weighted by atomic mass is 9.99. The van der Waals surface area contributed by atoms with Crippen molar-refractivity contribution in [3.8, 4) is 0 Å². The summed E-state index contributed by atoms with van der Waals surface area (Å²) in [6.07, 6.45) is 1.26. The molecule has 0 saturated heterocycles. The predicted molar refractivity (Wildman–Crippen MR) is 89.2 cm³/mol. The summed E-state index contributed by atoms with van der Waals surface area (Å²) in [4.78, 5) is 2.54. The highest BCUT2D eigenvalue weighted by molar-refractivity contribution is 5.25. The van der Waals surface area contributed by atoms with E-state index in [-0.39, 0.29) is 0 Å². The van der Waals surface area contributed by atoms with Crippen LogP contribution >= 0.6 is 0 Å². The van der Waals surface area contributed by atoms with Gasteiger partial charge >= 0.3 is 0 Å². The Bertz CT molecular complexity index is 358. The number of nitrogens with zero attached hydrogens (tertiary/aromatic N) is 1. The first-order chi connectivity index (χ1) is 9.60. The fourth-order valence-corrected chi connectivity index (χ4v) is 2.51. The van der Waals surface area contributed by atoms with Gasteiger partial charge < -0.3 is 5.32 Å². The van der Waals surface area contributed by atoms with Crippen LogP contribution < -0.4 is 5.32 Å². The van der Waals surface area contributed by atoms with Gasteiger partial charge in [-0.2, -0.15) is 0 Å². The zero-order valence-electron chi connectivity index (χ0n) is 13.9. The molecule has 1 aromatic rings. The Morgan fingerprint density at radius 3 is 2.25 bits per heavy atom. The van der Waals surface area contributed by atoms with Crippen LogP contribution in [0, 0.1) is 5.92 Å². The van der Waals surface area contributed by atoms with Gasteiger partial charge in [0.25, 0.3) is 0 Å². The van der Waals surface area contributed by atoms with E-state index < -0.39 is 0 Å². The second-order valence-electron chi connectivity index (χ2n) is 6.04. The molecule has 2 heteroatoms. The lowest BCUT2D eigenvalue weighted by Gasteiger charge is -2.24. The number of rotatable bonds is 9. The molecule has 0 heterocycles. The molecule has 2 nitrogen and oxygen atoms in total. The fourth-order valence-electron chi connectivity index (χ4n) is 2.51. The molecule has 0 amide bonds. The highest BCUT2D eigenvalue weighted by Crippen LogP contribution is 2.16. The van der Waals surface area contributed by atoms with Crippen molar-refractivity contribution < 1.29 is 0 Å². The van der Waals surface area contributed by atoms with E-state index in [4.69, 9.17) is 0 Å². The van der Waals surface area contributed by atoms with E-state index >= 15 is 0 Å². The van der Waals surface area contributed by atoms with E-state index in [9.17, 15) is 0 Å². The Morgan fingerprint density at radius 2 is 1.75 bits per heavy atom. The van der Waals surface area contributed by atoms with Gasteiger partial charge in [-0.3, -0.25) is 4.90 Å². The second kappa shape index (κ2) is 9.15. The van der Waals surface area contributed by atoms with Crippen LogP contribution in [0.4, 0.5) is 0 Å². The average molecular weight is 276 g/mol. The summed E-state index contributed by atoms with van der Waals surface area (Å²) in [6.45, 7) is 13.6. The zero-order chi connectivity index (χ0) is 15.0. The first-order valence-electron chi connectivity index (χ1n) is 8.06. The summed E-state index contributed by atoms with van der Waals surface area (Å²) >= 11 is 0. The van der Waals surface area contributed by atoms with Gasteiger partial charge in [0.05, 0.1) is 0 Å². The molecule has 0 fully saturated rings. The molecule has 0 aliphatic carbocycles. The van der Waals surface area contributed by atoms with Crippen molar-refractivity contribution in [1.29, 1.82) is 0 Å². The zero-order valence-corrected chi connectivity index (χ0v) is 13.9. The van der Waals surface area contributed by atoms with Gasteiger partial charge in [0.2, 0.25) is 0 Å². The number of benzene rings is 1. The van der Waals surface area contributed by atoms with E-state index in [1.54, 1.807) is 0 Å². The summed E-state index contributed by atoms with van der Waals surface area (Å²) < 4.78 is 0. The third kappa shape index (κ3) is 5.64. The van der Waals surface area contributed by atoms with Crippen LogP contribution in [0.15, 0.2) is 24.3 Å². The molecular formula is C18H32N2. The molecule has 1 rings (SSSR count). The Labute approximate surface area is 125 Å². The van der Waals surface area contributed by atoms with Crippen molar-refractivity contribution in [2.75, 3.05) is 26.7 Å². The van der Waals surface area contributed by atoms with Crippen LogP contribution in [0.3, 0.4) is 0 Å². The van der Waals surface area contributed by atoms with Crippen molar-refractivity contribution >= 4 is 0 Å². The van der Waals surface area contributed by atoms with Crippen LogP contribution in [-0.4, -0.2) is 31.6 Å². The molecule has 1 aromatic carbocycles. The Morgan fingerprint density at radius 1 is 1.10 bits per heavy atom. The molecule has 2 unspecified atom stereocenters. The van der Waals surface area contributed by atoms with Gasteiger partial charge in [-0.25, -0.2) is 0 Å². The highest BCUT2D eigenvalue weighted by Gasteiger charge is 2.09. The summed E-state index contributed by atoms with van der Waals surface area (Å²) in [5.74, 6) is 1.36. The summed E-state index contributed by atoms with van der Waals surface area (Å²) in [7, 11) is 2.01. The molecule has 1 N–H and O–H groups in total. The third-order valence-corrected chi connectivity index (χ3v) is 4.18. The Kier molecular flexibility index (Phi) is 7.86. The van der Waals surface area contributed by atoms with E-state index in [0.717, 1.165) is 25.6 Å². The first-order valence-corrected chi connectivity index (χ1v) is 8.06. The topological polar surface area (TPSA) is 15.3 Å². The lowest BCUT2D eigenvalue weighted by molar-refractivity contribution is 0.238. The minimum Gasteiger partial charge on any atom is -0.319 e. The maximum Gasteiger partial charge on any atom is 0.0233 e. The van der Waals surface area contributed by atoms with Gasteiger partial charge in [0.15, 0.2) is 0 Å². The number of nitrogens with one attached hydrogen (secondary N) is 1. The van der Waals surface area contributed by atoms with Crippen molar-refractivity contribution in [3.63, 3.8) is 0 Å². The molecule has 0 aliphatic rings. The number of hydrogen-bond donors (Lipinski definition) is 1. The fraction of sp³-hybridized carbons (Fsp3) is 0.667. The van der Waals surface area contributed by atoms with Gasteiger partial charge in [0, 0.05) is 19.6 Å². The summed E-state index contributed by atoms with van der Waals surface area (Å²) in [6, 6.07) is 9.16. The molecule has 114 valence electrons. The van der Waals surface area contributed by atoms with Crippen LogP contribution in [0.25, 0.3) is 0 Å². The molecule has 20 heavy (non-hydrogen) atoms. The SMILES string of the molecule is CCC(C)CN(CC)Cc1ccc(C(C)CNC)cc1. The van der Waals surface area contributed by atoms with Crippen LogP contribution in [-0.2, 0) is 6.54 Å². The number of hydrogen-bond acceptors (Lipinski definition) is 2. The van der Waals surface area contributed by atoms with E-state index in [0.29, 0.717) is 5.92 Å². The molecule has 0 saturated carbocycles. The van der Waals surface area contributed by atoms with Gasteiger partial charge in [0.1, 0.15) is 0 Å². The summed E-state index contributed by atoms with van der Waals surface area (Å²) in [5.41, 5.74) is 2.85. The van der Waals surface area contributed by atoms with E-state index in [2.05, 4.69) is 62.2 Å². The van der Waals surface area contributed by atoms with E-state index in [1.807, 2.05) is 7.05 Å². The minimum absolute atomic E-state index is 0.580. The van der Waals surface area contributed by atoms with Crippen molar-refractivity contribution in [2.45, 2.75) is 46.6 Å². The quantitative estimate of drug-likeness (QED) is 0.736. The lowest BCUT2D eigenvalue weighted by Crippen LogP contribution is -2.27. The predicted octanol–water partition coefficient (Wildman–Crippen LogP) is 3.88. The Balaban J connectivity index is 2.59. The normalized spacial score (nSPS) is 14.5. The van der Waals surface area contributed by atoms with Crippen molar-refractivity contribution in [3.05, 3.63) is 35.4 Å².